The van der Waals surface area contributed by atoms with Crippen molar-refractivity contribution < 1.29 is 42.4 Å². The molecule has 3 heteroatoms. The number of halogens is 2. The molecule has 0 radical (unpaired) electrons. The van der Waals surface area contributed by atoms with Crippen molar-refractivity contribution in [1.29, 1.82) is 0 Å². The molecule has 1 heterocycles. The first kappa shape index (κ1) is 9.76. The van der Waals surface area contributed by atoms with Crippen molar-refractivity contribution >= 4 is 10.9 Å². The first-order valence-electron chi connectivity index (χ1n) is 3.95. The van der Waals surface area contributed by atoms with Crippen LogP contribution in [0.3, 0.4) is 0 Å². The van der Waals surface area contributed by atoms with Gasteiger partial charge in [0.1, 0.15) is 0 Å². The van der Waals surface area contributed by atoms with Gasteiger partial charge in [0.05, 0.1) is 0 Å². The van der Waals surface area contributed by atoms with Crippen LogP contribution in [-0.4, -0.2) is 14.8 Å². The molecule has 0 fully saturated rings. The Morgan fingerprint density at radius 2 is 2.00 bits per heavy atom. The average Bonchev–Trinajstić information content (AvgIpc) is 2.59. The number of H-pyrrole nitrogens is 1. The van der Waals surface area contributed by atoms with Gasteiger partial charge >= 0.3 is 99.7 Å². The Hall–Kier alpha value is 0.220. The molecule has 0 saturated heterocycles. The summed E-state index contributed by atoms with van der Waals surface area (Å²) in [5, 5.41) is 1.44. The first-order valence-corrected chi connectivity index (χ1v) is 10.4. The molecule has 1 aromatic carbocycles. The Bertz CT molecular complexity index is 420. The number of aromatic nitrogens is 1. The Labute approximate surface area is 98.8 Å². The van der Waals surface area contributed by atoms with Crippen molar-refractivity contribution in [2.24, 2.45) is 0 Å². The third kappa shape index (κ3) is 1.86. The molecular formula is C10H11I2N-2. The summed E-state index contributed by atoms with van der Waals surface area (Å²) in [7, 11) is 0. The van der Waals surface area contributed by atoms with Gasteiger partial charge in [0.25, 0.3) is 0 Å². The molecule has 0 amide bonds. The summed E-state index contributed by atoms with van der Waals surface area (Å²) in [5.74, 6) is 0. The Balaban J connectivity index is 2.61. The van der Waals surface area contributed by atoms with Crippen molar-refractivity contribution in [3.8, 4) is 0 Å². The van der Waals surface area contributed by atoms with Crippen molar-refractivity contribution in [3.63, 3.8) is 0 Å². The number of nitrogens with one attached hydrogen (secondary N) is 1. The van der Waals surface area contributed by atoms with Crippen molar-refractivity contribution in [3.05, 3.63) is 31.5 Å². The zero-order chi connectivity index (χ0) is 9.26. The van der Waals surface area contributed by atoms with E-state index in [1.807, 2.05) is 0 Å². The van der Waals surface area contributed by atoms with E-state index in [1.54, 1.807) is 0 Å². The summed E-state index contributed by atoms with van der Waals surface area (Å²) >= 11 is 0.436. The monoisotopic (exact) mass is 399 g/mol. The van der Waals surface area contributed by atoms with E-state index in [9.17, 15) is 0 Å². The third-order valence-corrected chi connectivity index (χ3v) is 5.99. The van der Waals surface area contributed by atoms with E-state index in [0.717, 1.165) is 0 Å². The summed E-state index contributed by atoms with van der Waals surface area (Å²) in [6.07, 6.45) is 2.18. The average molecular weight is 399 g/mol. The van der Waals surface area contributed by atoms with Gasteiger partial charge in [0.15, 0.2) is 0 Å². The van der Waals surface area contributed by atoms with Crippen LogP contribution in [0.4, 0.5) is 0 Å². The number of hydrogen-bond acceptors (Lipinski definition) is 0. The number of aromatic amines is 1. The van der Waals surface area contributed by atoms with Gasteiger partial charge in [0.2, 0.25) is 0 Å². The number of hydrogen-bond donors (Lipinski definition) is 1. The molecule has 13 heavy (non-hydrogen) atoms. The maximum absolute atomic E-state index is 3.36. The van der Waals surface area contributed by atoms with Crippen LogP contribution in [0, 0.1) is 7.14 Å². The van der Waals surface area contributed by atoms with Gasteiger partial charge in [-0.2, -0.15) is 0 Å². The Morgan fingerprint density at radius 1 is 1.15 bits per heavy atom. The van der Waals surface area contributed by atoms with E-state index in [0.29, 0.717) is 0 Å². The zero-order valence-electron chi connectivity index (χ0n) is 7.57. The van der Waals surface area contributed by atoms with Crippen LogP contribution in [-0.2, 0) is 0 Å². The van der Waals surface area contributed by atoms with Gasteiger partial charge in [-0.15, -0.1) is 0 Å². The van der Waals surface area contributed by atoms with Gasteiger partial charge in [-0.3, -0.25) is 0 Å². The summed E-state index contributed by atoms with van der Waals surface area (Å²) in [4.78, 5) is 7.97. The number of benzene rings is 1. The van der Waals surface area contributed by atoms with Crippen LogP contribution in [0.1, 0.15) is 0 Å². The van der Waals surface area contributed by atoms with E-state index in [-0.39, 0.29) is 42.4 Å². The van der Waals surface area contributed by atoms with Crippen LogP contribution >= 0.6 is 0 Å². The van der Waals surface area contributed by atoms with E-state index < -0.39 is 0 Å². The molecule has 0 aliphatic rings. The van der Waals surface area contributed by atoms with Gasteiger partial charge in [-0.05, 0) is 0 Å². The second kappa shape index (κ2) is 4.16. The molecule has 1 aromatic heterocycles. The summed E-state index contributed by atoms with van der Waals surface area (Å²) < 4.78 is 3.06. The quantitative estimate of drug-likeness (QED) is 0.391. The third-order valence-electron chi connectivity index (χ3n) is 2.02. The zero-order valence-corrected chi connectivity index (χ0v) is 11.9. The molecule has 2 aromatic rings. The summed E-state index contributed by atoms with van der Waals surface area (Å²) in [6.45, 7) is 0. The molecule has 0 bridgehead atoms. The van der Waals surface area contributed by atoms with Crippen molar-refractivity contribution in [1.82, 2.24) is 4.98 Å². The fraction of sp³-hybridized carbons (Fsp3) is 0.200. The van der Waals surface area contributed by atoms with Crippen LogP contribution in [0.25, 0.3) is 10.9 Å². The minimum absolute atomic E-state index is 0.208. The SMILES string of the molecule is C[I-]c1ccc2c([I-]C)c[nH]c2c1. The van der Waals surface area contributed by atoms with E-state index >= 15 is 0 Å². The molecule has 0 aliphatic carbocycles. The number of alkyl halides is 2. The Kier molecular flexibility index (Phi) is 3.13. The van der Waals surface area contributed by atoms with Gasteiger partial charge in [-0.25, -0.2) is 0 Å². The standard InChI is InChI=1S/C10H11I2N/c1-11-7-3-4-8-9(12-2)6-13-10(8)5-7/h3-6,13H,1-2H3/q-2. The molecule has 0 saturated carbocycles. The maximum atomic E-state index is 3.36. The predicted molar refractivity (Wildman–Crippen MR) is 47.5 cm³/mol. The summed E-state index contributed by atoms with van der Waals surface area (Å²) in [5.41, 5.74) is 1.33. The molecular weight excluding hydrogens is 388 g/mol. The van der Waals surface area contributed by atoms with Crippen LogP contribution in [0.5, 0.6) is 0 Å². The van der Waals surface area contributed by atoms with Crippen LogP contribution in [0.15, 0.2) is 24.4 Å². The van der Waals surface area contributed by atoms with Crippen molar-refractivity contribution in [2.75, 3.05) is 9.86 Å². The van der Waals surface area contributed by atoms with E-state index in [1.165, 1.54) is 18.0 Å². The number of rotatable bonds is 2. The molecule has 0 atom stereocenters. The van der Waals surface area contributed by atoms with Gasteiger partial charge in [0, 0.05) is 0 Å². The van der Waals surface area contributed by atoms with E-state index in [4.69, 9.17) is 0 Å². The van der Waals surface area contributed by atoms with Gasteiger partial charge < -0.3 is 0 Å². The molecule has 1 nitrogen and oxygen atoms in total. The minimum atomic E-state index is 0.208. The Morgan fingerprint density at radius 3 is 2.69 bits per heavy atom. The van der Waals surface area contributed by atoms with Crippen LogP contribution < -0.4 is 42.4 Å². The number of fused-ring (bicyclic) bond motifs is 1. The molecule has 2 rings (SSSR count). The van der Waals surface area contributed by atoms with Gasteiger partial charge in [-0.1, -0.05) is 0 Å². The second-order valence-corrected chi connectivity index (χ2v) is 7.27. The predicted octanol–water partition coefficient (Wildman–Crippen LogP) is -4.06. The molecule has 0 aliphatic heterocycles. The first-order chi connectivity index (χ1) is 6.35. The van der Waals surface area contributed by atoms with Crippen molar-refractivity contribution in [2.45, 2.75) is 0 Å². The topological polar surface area (TPSA) is 15.8 Å². The van der Waals surface area contributed by atoms with E-state index in [2.05, 4.69) is 39.2 Å². The normalized spacial score (nSPS) is 11.5. The molecule has 0 spiro atoms. The molecule has 1 N–H and O–H groups in total. The molecule has 0 unspecified atom stereocenters. The summed E-state index contributed by atoms with van der Waals surface area (Å²) in [6, 6.07) is 6.88. The second-order valence-electron chi connectivity index (χ2n) is 2.70. The molecule has 72 valence electrons. The van der Waals surface area contributed by atoms with Crippen LogP contribution in [0.2, 0.25) is 0 Å². The fourth-order valence-electron chi connectivity index (χ4n) is 1.34. The fourth-order valence-corrected chi connectivity index (χ4v) is 4.02.